The molecule has 20 heavy (non-hydrogen) atoms. The Morgan fingerprint density at radius 2 is 1.60 bits per heavy atom. The van der Waals surface area contributed by atoms with Gasteiger partial charge in [-0.25, -0.2) is 0 Å². The first-order valence-electron chi connectivity index (χ1n) is 9.09. The van der Waals surface area contributed by atoms with E-state index in [1.54, 1.807) is 0 Å². The lowest BCUT2D eigenvalue weighted by molar-refractivity contribution is -0.259. The van der Waals surface area contributed by atoms with Crippen molar-refractivity contribution in [3.8, 4) is 0 Å². The molecule has 0 spiro atoms. The van der Waals surface area contributed by atoms with Gasteiger partial charge in [0.1, 0.15) is 0 Å². The zero-order chi connectivity index (χ0) is 15.5. The third kappa shape index (κ3) is 1.60. The minimum Gasteiger partial charge on any atom is -0.0651 e. The molecule has 0 nitrogen and oxygen atoms in total. The summed E-state index contributed by atoms with van der Waals surface area (Å²) in [7, 11) is 0. The average Bonchev–Trinajstić information content (AvgIpc) is 2.35. The second-order valence-corrected chi connectivity index (χ2v) is 9.25. The summed E-state index contributed by atoms with van der Waals surface area (Å²) in [5, 5.41) is 0. The van der Waals surface area contributed by atoms with Crippen LogP contribution < -0.4 is 0 Å². The maximum Gasteiger partial charge on any atom is -0.0215 e. The van der Waals surface area contributed by atoms with E-state index in [0.29, 0.717) is 16.2 Å². The summed E-state index contributed by atoms with van der Waals surface area (Å²) in [5.41, 5.74) is 1.38. The van der Waals surface area contributed by atoms with Gasteiger partial charge in [0.15, 0.2) is 0 Å². The van der Waals surface area contributed by atoms with E-state index in [2.05, 4.69) is 62.3 Å². The van der Waals surface area contributed by atoms with Gasteiger partial charge in [-0.1, -0.05) is 68.7 Å². The largest absolute Gasteiger partial charge is 0.0651 e. The zero-order valence-corrected chi connectivity index (χ0v) is 15.5. The first-order chi connectivity index (χ1) is 9.09. The Kier molecular flexibility index (Phi) is 3.89. The highest BCUT2D eigenvalue weighted by atomic mass is 14.7. The van der Waals surface area contributed by atoms with Crippen LogP contribution in [0.5, 0.6) is 0 Å². The highest BCUT2D eigenvalue weighted by Crippen LogP contribution is 2.75. The molecule has 0 amide bonds. The van der Waals surface area contributed by atoms with Crippen LogP contribution in [0.2, 0.25) is 0 Å². The van der Waals surface area contributed by atoms with Crippen molar-refractivity contribution in [1.82, 2.24) is 0 Å². The molecule has 6 atom stereocenters. The quantitative estimate of drug-likeness (QED) is 0.560. The first-order valence-corrected chi connectivity index (χ1v) is 9.09. The van der Waals surface area contributed by atoms with Crippen molar-refractivity contribution in [1.29, 1.82) is 0 Å². The van der Waals surface area contributed by atoms with E-state index < -0.39 is 0 Å². The Bertz CT molecular complexity index is 366. The van der Waals surface area contributed by atoms with Gasteiger partial charge in [0, 0.05) is 0 Å². The SMILES string of the molecule is CCC1C2CC(C)C2C(C)(CC)C(C)(C)C1(C)C(C)C. The maximum atomic E-state index is 2.62. The van der Waals surface area contributed by atoms with Crippen LogP contribution in [0.3, 0.4) is 0 Å². The normalized spacial score (nSPS) is 50.7. The third-order valence-electron chi connectivity index (χ3n) is 8.89. The van der Waals surface area contributed by atoms with E-state index >= 15 is 0 Å². The van der Waals surface area contributed by atoms with Gasteiger partial charge in [0.2, 0.25) is 0 Å². The molecule has 0 heteroatoms. The molecule has 0 aliphatic heterocycles. The van der Waals surface area contributed by atoms with Gasteiger partial charge < -0.3 is 0 Å². The predicted octanol–water partition coefficient (Wildman–Crippen LogP) is 6.40. The molecule has 2 aliphatic carbocycles. The van der Waals surface area contributed by atoms with Crippen LogP contribution in [0.25, 0.3) is 0 Å². The van der Waals surface area contributed by atoms with Crippen LogP contribution in [-0.2, 0) is 0 Å². The molecule has 0 aromatic carbocycles. The second kappa shape index (κ2) is 4.75. The first kappa shape index (κ1) is 16.4. The van der Waals surface area contributed by atoms with Gasteiger partial charge in [-0.05, 0) is 58.7 Å². The molecule has 2 aliphatic rings. The van der Waals surface area contributed by atoms with Crippen molar-refractivity contribution in [2.75, 3.05) is 0 Å². The van der Waals surface area contributed by atoms with Gasteiger partial charge in [-0.15, -0.1) is 0 Å². The fourth-order valence-electron chi connectivity index (χ4n) is 6.96. The van der Waals surface area contributed by atoms with Crippen molar-refractivity contribution in [2.45, 2.75) is 81.6 Å². The number of hydrogen-bond donors (Lipinski definition) is 0. The number of rotatable bonds is 3. The summed E-state index contributed by atoms with van der Waals surface area (Å²) >= 11 is 0. The van der Waals surface area contributed by atoms with E-state index in [1.165, 1.54) is 19.3 Å². The number of hydrogen-bond acceptors (Lipinski definition) is 0. The maximum absolute atomic E-state index is 2.62. The molecule has 0 aromatic rings. The zero-order valence-electron chi connectivity index (χ0n) is 15.5. The van der Waals surface area contributed by atoms with Crippen molar-refractivity contribution < 1.29 is 0 Å². The van der Waals surface area contributed by atoms with Crippen LogP contribution in [0.15, 0.2) is 0 Å². The lowest BCUT2D eigenvalue weighted by atomic mass is 9.31. The lowest BCUT2D eigenvalue weighted by Crippen LogP contribution is -2.68. The highest BCUT2D eigenvalue weighted by molar-refractivity contribution is 5.16. The van der Waals surface area contributed by atoms with Crippen LogP contribution in [-0.4, -0.2) is 0 Å². The monoisotopic (exact) mass is 278 g/mol. The molecular weight excluding hydrogens is 240 g/mol. The predicted molar refractivity (Wildman–Crippen MR) is 89.7 cm³/mol. The Labute approximate surface area is 128 Å². The average molecular weight is 279 g/mol. The van der Waals surface area contributed by atoms with Crippen molar-refractivity contribution in [2.24, 2.45) is 45.8 Å². The summed E-state index contributed by atoms with van der Waals surface area (Å²) in [5.74, 6) is 4.57. The molecule has 0 N–H and O–H groups in total. The van der Waals surface area contributed by atoms with Crippen molar-refractivity contribution >= 4 is 0 Å². The number of fused-ring (bicyclic) bond motifs is 1. The Balaban J connectivity index is 2.59. The van der Waals surface area contributed by atoms with Crippen LogP contribution in [0.4, 0.5) is 0 Å². The smallest absolute Gasteiger partial charge is 0.0215 e. The fraction of sp³-hybridized carbons (Fsp3) is 1.00. The summed E-state index contributed by atoms with van der Waals surface area (Å²) in [6.45, 7) is 22.8. The molecule has 0 heterocycles. The molecule has 6 unspecified atom stereocenters. The second-order valence-electron chi connectivity index (χ2n) is 9.25. The third-order valence-corrected chi connectivity index (χ3v) is 8.89. The van der Waals surface area contributed by atoms with Crippen molar-refractivity contribution in [3.63, 3.8) is 0 Å². The standard InChI is InChI=1S/C20H38/c1-10-16-15-12-14(5)17(15)19(8,11-2)18(6,7)20(16,9)13(3)4/h13-17H,10-12H2,1-9H3. The van der Waals surface area contributed by atoms with E-state index in [1.807, 2.05) is 0 Å². The van der Waals surface area contributed by atoms with Gasteiger partial charge in [0.25, 0.3) is 0 Å². The van der Waals surface area contributed by atoms with E-state index in [0.717, 1.165) is 29.6 Å². The van der Waals surface area contributed by atoms with E-state index in [-0.39, 0.29) is 0 Å². The lowest BCUT2D eigenvalue weighted by Gasteiger charge is -2.74. The fourth-order valence-corrected chi connectivity index (χ4v) is 6.96. The minimum atomic E-state index is 0.416. The van der Waals surface area contributed by atoms with E-state index in [9.17, 15) is 0 Å². The summed E-state index contributed by atoms with van der Waals surface area (Å²) in [6.07, 6.45) is 4.19. The molecule has 0 aromatic heterocycles. The van der Waals surface area contributed by atoms with Gasteiger partial charge in [-0.3, -0.25) is 0 Å². The Morgan fingerprint density at radius 1 is 1.05 bits per heavy atom. The topological polar surface area (TPSA) is 0 Å². The Hall–Kier alpha value is 0. The van der Waals surface area contributed by atoms with Crippen LogP contribution in [0.1, 0.15) is 81.6 Å². The molecule has 118 valence electrons. The molecule has 0 saturated heterocycles. The van der Waals surface area contributed by atoms with Crippen LogP contribution in [0, 0.1) is 45.8 Å². The molecule has 0 bridgehead atoms. The minimum absolute atomic E-state index is 0.416. The van der Waals surface area contributed by atoms with E-state index in [4.69, 9.17) is 0 Å². The summed E-state index contributed by atoms with van der Waals surface area (Å²) < 4.78 is 0. The van der Waals surface area contributed by atoms with Crippen molar-refractivity contribution in [3.05, 3.63) is 0 Å². The highest BCUT2D eigenvalue weighted by Gasteiger charge is 2.68. The molecule has 2 fully saturated rings. The van der Waals surface area contributed by atoms with Gasteiger partial charge in [0.05, 0.1) is 0 Å². The Morgan fingerprint density at radius 3 is 1.95 bits per heavy atom. The van der Waals surface area contributed by atoms with Crippen LogP contribution >= 0.6 is 0 Å². The summed E-state index contributed by atoms with van der Waals surface area (Å²) in [6, 6.07) is 0. The molecular formula is C20H38. The molecule has 2 saturated carbocycles. The van der Waals surface area contributed by atoms with Gasteiger partial charge >= 0.3 is 0 Å². The van der Waals surface area contributed by atoms with Gasteiger partial charge in [-0.2, -0.15) is 0 Å². The summed E-state index contributed by atoms with van der Waals surface area (Å²) in [4.78, 5) is 0. The molecule has 2 rings (SSSR count). The molecule has 0 radical (unpaired) electrons.